The van der Waals surface area contributed by atoms with Gasteiger partial charge in [0, 0.05) is 13.0 Å². The second kappa shape index (κ2) is 11.5. The molecule has 2 unspecified atom stereocenters. The van der Waals surface area contributed by atoms with Crippen LogP contribution in [0.2, 0.25) is 0 Å². The molecule has 9 nitrogen and oxygen atoms in total. The molecular formula is C20H32F3N3O6. The molecule has 1 aliphatic rings. The van der Waals surface area contributed by atoms with E-state index in [9.17, 15) is 37.5 Å². The van der Waals surface area contributed by atoms with Crippen LogP contribution in [0.5, 0.6) is 0 Å². The largest absolute Gasteiger partial charge is 0.453 e. The third-order valence-corrected chi connectivity index (χ3v) is 5.38. The molecule has 1 fully saturated rings. The number of nitrogens with one attached hydrogen (secondary N) is 2. The van der Waals surface area contributed by atoms with Gasteiger partial charge in [-0.15, -0.1) is 0 Å². The van der Waals surface area contributed by atoms with Crippen molar-refractivity contribution in [2.75, 3.05) is 13.7 Å². The average molecular weight is 467 g/mol. The van der Waals surface area contributed by atoms with Gasteiger partial charge in [-0.1, -0.05) is 27.7 Å². The third kappa shape index (κ3) is 7.35. The lowest BCUT2D eigenvalue weighted by Crippen LogP contribution is -2.57. The van der Waals surface area contributed by atoms with E-state index in [1.165, 1.54) is 4.90 Å². The SMILES string of the molecule is COC(=O)N[C@H](C(=O)N1CCC[C@H]1C(=O)NC(C(C)C)C(O)CC(=O)C(F)(F)F)C(C)C. The van der Waals surface area contributed by atoms with Crippen molar-refractivity contribution >= 4 is 23.7 Å². The molecule has 0 radical (unpaired) electrons. The number of aliphatic hydroxyl groups excluding tert-OH is 1. The molecule has 184 valence electrons. The second-order valence-corrected chi connectivity index (χ2v) is 8.52. The zero-order chi connectivity index (χ0) is 24.8. The summed E-state index contributed by atoms with van der Waals surface area (Å²) in [6.07, 6.45) is -7.99. The van der Waals surface area contributed by atoms with Crippen LogP contribution in [-0.2, 0) is 19.1 Å². The van der Waals surface area contributed by atoms with Crippen molar-refractivity contribution in [1.82, 2.24) is 15.5 Å². The van der Waals surface area contributed by atoms with Gasteiger partial charge in [-0.3, -0.25) is 14.4 Å². The number of hydrogen-bond donors (Lipinski definition) is 3. The maximum atomic E-state index is 13.0. The van der Waals surface area contributed by atoms with Gasteiger partial charge in [0.05, 0.1) is 19.3 Å². The first-order chi connectivity index (χ1) is 14.7. The molecule has 3 N–H and O–H groups in total. The number of ether oxygens (including phenoxy) is 1. The molecule has 0 aromatic carbocycles. The number of rotatable bonds is 9. The van der Waals surface area contributed by atoms with Crippen molar-refractivity contribution in [2.24, 2.45) is 11.8 Å². The third-order valence-electron chi connectivity index (χ3n) is 5.38. The summed E-state index contributed by atoms with van der Waals surface area (Å²) in [6.45, 7) is 6.85. The Hall–Kier alpha value is -2.37. The van der Waals surface area contributed by atoms with Crippen LogP contribution in [-0.4, -0.2) is 77.8 Å². The predicted octanol–water partition coefficient (Wildman–Crippen LogP) is 1.38. The Morgan fingerprint density at radius 2 is 1.69 bits per heavy atom. The molecular weight excluding hydrogens is 435 g/mol. The monoisotopic (exact) mass is 467 g/mol. The maximum Gasteiger partial charge on any atom is 0.450 e. The fourth-order valence-electron chi connectivity index (χ4n) is 3.58. The fraction of sp³-hybridized carbons (Fsp3) is 0.800. The van der Waals surface area contributed by atoms with Gasteiger partial charge >= 0.3 is 12.3 Å². The zero-order valence-electron chi connectivity index (χ0n) is 18.9. The molecule has 3 amide bonds. The number of carbonyl (C=O) groups is 4. The molecule has 1 aliphatic heterocycles. The first-order valence-electron chi connectivity index (χ1n) is 10.4. The van der Waals surface area contributed by atoms with Crippen LogP contribution >= 0.6 is 0 Å². The maximum absolute atomic E-state index is 13.0. The Balaban J connectivity index is 2.95. The van der Waals surface area contributed by atoms with E-state index in [1.54, 1.807) is 27.7 Å². The molecule has 32 heavy (non-hydrogen) atoms. The number of aliphatic hydroxyl groups is 1. The number of ketones is 1. The second-order valence-electron chi connectivity index (χ2n) is 8.52. The topological polar surface area (TPSA) is 125 Å². The Morgan fingerprint density at radius 1 is 1.09 bits per heavy atom. The number of alkyl halides is 3. The van der Waals surface area contributed by atoms with Crippen molar-refractivity contribution in [3.63, 3.8) is 0 Å². The van der Waals surface area contributed by atoms with Gasteiger partial charge in [0.2, 0.25) is 17.6 Å². The van der Waals surface area contributed by atoms with Gasteiger partial charge in [-0.25, -0.2) is 4.79 Å². The molecule has 12 heteroatoms. The molecule has 0 saturated carbocycles. The number of methoxy groups -OCH3 is 1. The Bertz CT molecular complexity index is 699. The average Bonchev–Trinajstić information content (AvgIpc) is 3.17. The molecule has 0 aliphatic carbocycles. The number of alkyl carbamates (subject to hydrolysis) is 1. The van der Waals surface area contributed by atoms with Crippen LogP contribution in [0.1, 0.15) is 47.0 Å². The van der Waals surface area contributed by atoms with E-state index in [0.29, 0.717) is 12.8 Å². The number of amides is 3. The van der Waals surface area contributed by atoms with Gasteiger partial charge in [0.25, 0.3) is 0 Å². The number of nitrogens with zero attached hydrogens (tertiary/aromatic N) is 1. The lowest BCUT2D eigenvalue weighted by molar-refractivity contribution is -0.173. The highest BCUT2D eigenvalue weighted by Gasteiger charge is 2.43. The van der Waals surface area contributed by atoms with Crippen molar-refractivity contribution in [2.45, 2.75) is 77.4 Å². The molecule has 0 aromatic heterocycles. The first-order valence-corrected chi connectivity index (χ1v) is 10.4. The minimum Gasteiger partial charge on any atom is -0.453 e. The quantitative estimate of drug-likeness (QED) is 0.471. The number of carbonyl (C=O) groups excluding carboxylic acids is 4. The highest BCUT2D eigenvalue weighted by Crippen LogP contribution is 2.23. The molecule has 0 aromatic rings. The van der Waals surface area contributed by atoms with Crippen LogP contribution in [0.3, 0.4) is 0 Å². The Labute approximate surface area is 185 Å². The van der Waals surface area contributed by atoms with E-state index >= 15 is 0 Å². The molecule has 1 heterocycles. The normalized spacial score (nSPS) is 19.5. The summed E-state index contributed by atoms with van der Waals surface area (Å²) in [6, 6.07) is -2.98. The van der Waals surface area contributed by atoms with Crippen molar-refractivity contribution in [3.8, 4) is 0 Å². The summed E-state index contributed by atoms with van der Waals surface area (Å²) in [7, 11) is 1.16. The summed E-state index contributed by atoms with van der Waals surface area (Å²) in [4.78, 5) is 50.1. The van der Waals surface area contributed by atoms with Crippen LogP contribution in [0.4, 0.5) is 18.0 Å². The minimum atomic E-state index is -5.08. The number of hydrogen-bond acceptors (Lipinski definition) is 6. The van der Waals surface area contributed by atoms with Gasteiger partial charge in [0.1, 0.15) is 12.1 Å². The van der Waals surface area contributed by atoms with Crippen LogP contribution < -0.4 is 10.6 Å². The van der Waals surface area contributed by atoms with Gasteiger partial charge in [0.15, 0.2) is 0 Å². The number of likely N-dealkylation sites (tertiary alicyclic amines) is 1. The van der Waals surface area contributed by atoms with E-state index in [2.05, 4.69) is 15.4 Å². The summed E-state index contributed by atoms with van der Waals surface area (Å²) in [5.41, 5.74) is 0. The molecule has 0 bridgehead atoms. The van der Waals surface area contributed by atoms with Crippen molar-refractivity contribution in [1.29, 1.82) is 0 Å². The fourth-order valence-corrected chi connectivity index (χ4v) is 3.58. The first kappa shape index (κ1) is 27.7. The van der Waals surface area contributed by atoms with Crippen LogP contribution in [0, 0.1) is 11.8 Å². The number of Topliss-reactive ketones (excluding diaryl/α,β-unsaturated/α-hetero) is 1. The lowest BCUT2D eigenvalue weighted by Gasteiger charge is -2.33. The lowest BCUT2D eigenvalue weighted by atomic mass is 9.94. The van der Waals surface area contributed by atoms with Gasteiger partial charge < -0.3 is 25.4 Å². The highest BCUT2D eigenvalue weighted by molar-refractivity contribution is 5.92. The van der Waals surface area contributed by atoms with E-state index in [4.69, 9.17) is 0 Å². The summed E-state index contributed by atoms with van der Waals surface area (Å²) in [5, 5.41) is 15.1. The summed E-state index contributed by atoms with van der Waals surface area (Å²) >= 11 is 0. The van der Waals surface area contributed by atoms with E-state index in [-0.39, 0.29) is 12.5 Å². The Kier molecular flexibility index (Phi) is 9.93. The summed E-state index contributed by atoms with van der Waals surface area (Å²) in [5.74, 6) is -4.00. The van der Waals surface area contributed by atoms with Crippen molar-refractivity contribution < 1.29 is 42.2 Å². The zero-order valence-corrected chi connectivity index (χ0v) is 18.9. The van der Waals surface area contributed by atoms with Crippen molar-refractivity contribution in [3.05, 3.63) is 0 Å². The molecule has 0 spiro atoms. The highest BCUT2D eigenvalue weighted by atomic mass is 19.4. The van der Waals surface area contributed by atoms with E-state index in [0.717, 1.165) is 7.11 Å². The summed E-state index contributed by atoms with van der Waals surface area (Å²) < 4.78 is 42.2. The minimum absolute atomic E-state index is 0.254. The molecule has 1 saturated heterocycles. The van der Waals surface area contributed by atoms with E-state index < -0.39 is 66.4 Å². The molecule has 4 atom stereocenters. The Morgan fingerprint density at radius 3 is 2.16 bits per heavy atom. The van der Waals surface area contributed by atoms with Crippen LogP contribution in [0.15, 0.2) is 0 Å². The van der Waals surface area contributed by atoms with Gasteiger partial charge in [-0.2, -0.15) is 13.2 Å². The van der Waals surface area contributed by atoms with Gasteiger partial charge in [-0.05, 0) is 24.7 Å². The number of halogens is 3. The smallest absolute Gasteiger partial charge is 0.450 e. The predicted molar refractivity (Wildman–Crippen MR) is 107 cm³/mol. The van der Waals surface area contributed by atoms with E-state index in [1.807, 2.05) is 0 Å². The van der Waals surface area contributed by atoms with Crippen LogP contribution in [0.25, 0.3) is 0 Å². The molecule has 1 rings (SSSR count). The standard InChI is InChI=1S/C20H32F3N3O6/c1-10(2)15(13(27)9-14(28)20(21,22)23)24-17(29)12-7-6-8-26(12)18(30)16(11(3)4)25-19(31)32-5/h10-13,15-16,27H,6-9H2,1-5H3,(H,24,29)(H,25,31)/t12-,13?,15?,16-/m0/s1.